The maximum absolute atomic E-state index is 12.9. The molecule has 1 fully saturated rings. The van der Waals surface area contributed by atoms with E-state index in [1.165, 1.54) is 0 Å². The third-order valence-electron chi connectivity index (χ3n) is 4.50. The lowest BCUT2D eigenvalue weighted by Gasteiger charge is -2.33. The molecule has 4 heteroatoms. The molecule has 1 amide bonds. The van der Waals surface area contributed by atoms with E-state index in [0.29, 0.717) is 32.5 Å². The summed E-state index contributed by atoms with van der Waals surface area (Å²) in [5.41, 5.74) is 1.09. The molecule has 0 radical (unpaired) electrons. The second-order valence-corrected chi connectivity index (χ2v) is 6.10. The van der Waals surface area contributed by atoms with Crippen LogP contribution in [0.1, 0.15) is 51.0 Å². The van der Waals surface area contributed by atoms with Crippen LogP contribution in [0.25, 0.3) is 0 Å². The van der Waals surface area contributed by atoms with Gasteiger partial charge >= 0.3 is 5.97 Å². The fourth-order valence-electron chi connectivity index (χ4n) is 3.22. The lowest BCUT2D eigenvalue weighted by atomic mass is 9.91. The monoisotopic (exact) mass is 317 g/mol. The second kappa shape index (κ2) is 8.70. The quantitative estimate of drug-likeness (QED) is 0.756. The lowest BCUT2D eigenvalue weighted by molar-refractivity contribution is -0.151. The number of carbonyl (C=O) groups excluding carboxylic acids is 2. The molecule has 1 atom stereocenters. The minimum atomic E-state index is -0.118. The van der Waals surface area contributed by atoms with Gasteiger partial charge in [0, 0.05) is 13.1 Å². The van der Waals surface area contributed by atoms with Crippen LogP contribution in [-0.4, -0.2) is 36.5 Å². The number of benzene rings is 1. The van der Waals surface area contributed by atoms with Crippen molar-refractivity contribution >= 4 is 11.9 Å². The Labute approximate surface area is 138 Å². The molecule has 1 unspecified atom stereocenters. The summed E-state index contributed by atoms with van der Waals surface area (Å²) in [6.45, 7) is 5.65. The highest BCUT2D eigenvalue weighted by molar-refractivity contribution is 5.84. The van der Waals surface area contributed by atoms with Crippen LogP contribution < -0.4 is 0 Å². The molecule has 23 heavy (non-hydrogen) atoms. The van der Waals surface area contributed by atoms with Crippen molar-refractivity contribution in [1.82, 2.24) is 4.90 Å². The average molecular weight is 317 g/mol. The molecular weight excluding hydrogens is 290 g/mol. The van der Waals surface area contributed by atoms with Gasteiger partial charge in [0.15, 0.2) is 0 Å². The molecule has 0 bridgehead atoms. The Morgan fingerprint density at radius 3 is 2.39 bits per heavy atom. The minimum Gasteiger partial charge on any atom is -0.466 e. The zero-order valence-corrected chi connectivity index (χ0v) is 14.2. The predicted molar refractivity (Wildman–Crippen MR) is 90.0 cm³/mol. The van der Waals surface area contributed by atoms with E-state index in [4.69, 9.17) is 4.74 Å². The highest BCUT2D eigenvalue weighted by Crippen LogP contribution is 2.27. The van der Waals surface area contributed by atoms with Gasteiger partial charge in [-0.1, -0.05) is 43.7 Å². The van der Waals surface area contributed by atoms with Gasteiger partial charge in [0.2, 0.25) is 5.91 Å². The Kier molecular flexibility index (Phi) is 6.63. The van der Waals surface area contributed by atoms with Crippen molar-refractivity contribution in [2.75, 3.05) is 19.7 Å². The van der Waals surface area contributed by atoms with Crippen LogP contribution in [0.5, 0.6) is 0 Å². The molecule has 0 N–H and O–H groups in total. The fourth-order valence-corrected chi connectivity index (χ4v) is 3.22. The summed E-state index contributed by atoms with van der Waals surface area (Å²) in [6, 6.07) is 10.0. The number of esters is 1. The largest absolute Gasteiger partial charge is 0.466 e. The molecule has 0 aliphatic carbocycles. The van der Waals surface area contributed by atoms with Gasteiger partial charge in [-0.05, 0) is 31.7 Å². The first-order chi connectivity index (χ1) is 11.2. The van der Waals surface area contributed by atoms with E-state index >= 15 is 0 Å². The van der Waals surface area contributed by atoms with Gasteiger partial charge in [-0.15, -0.1) is 0 Å². The molecule has 4 nitrogen and oxygen atoms in total. The van der Waals surface area contributed by atoms with E-state index in [-0.39, 0.29) is 23.7 Å². The maximum atomic E-state index is 12.9. The Morgan fingerprint density at radius 2 is 1.83 bits per heavy atom. The molecule has 1 aliphatic heterocycles. The predicted octanol–water partition coefficient (Wildman–Crippen LogP) is 3.37. The summed E-state index contributed by atoms with van der Waals surface area (Å²) in [4.78, 5) is 26.6. The summed E-state index contributed by atoms with van der Waals surface area (Å²) >= 11 is 0. The number of rotatable bonds is 6. The number of ether oxygens (including phenoxy) is 1. The van der Waals surface area contributed by atoms with E-state index in [9.17, 15) is 9.59 Å². The highest BCUT2D eigenvalue weighted by atomic mass is 16.5. The number of carbonyl (C=O) groups is 2. The third kappa shape index (κ3) is 4.57. The van der Waals surface area contributed by atoms with Crippen molar-refractivity contribution in [1.29, 1.82) is 0 Å². The first kappa shape index (κ1) is 17.5. The Bertz CT molecular complexity index is 507. The zero-order chi connectivity index (χ0) is 16.7. The molecule has 1 saturated heterocycles. The number of hydrogen-bond donors (Lipinski definition) is 0. The Morgan fingerprint density at radius 1 is 1.17 bits per heavy atom. The SMILES string of the molecule is CCCC(C(=O)N1CCC(C(=O)OCC)CC1)c1ccccc1. The van der Waals surface area contributed by atoms with Crippen LogP contribution in [-0.2, 0) is 14.3 Å². The van der Waals surface area contributed by atoms with Gasteiger partial charge in [-0.2, -0.15) is 0 Å². The summed E-state index contributed by atoms with van der Waals surface area (Å²) in [5.74, 6) is -0.0474. The number of piperidine rings is 1. The van der Waals surface area contributed by atoms with Gasteiger partial charge in [-0.3, -0.25) is 9.59 Å². The van der Waals surface area contributed by atoms with Crippen LogP contribution in [0.4, 0.5) is 0 Å². The molecule has 126 valence electrons. The van der Waals surface area contributed by atoms with E-state index in [2.05, 4.69) is 6.92 Å². The van der Waals surface area contributed by atoms with Gasteiger partial charge in [0.05, 0.1) is 18.4 Å². The van der Waals surface area contributed by atoms with Gasteiger partial charge < -0.3 is 9.64 Å². The molecular formula is C19H27NO3. The molecule has 0 spiro atoms. The zero-order valence-electron chi connectivity index (χ0n) is 14.2. The van der Waals surface area contributed by atoms with Crippen molar-refractivity contribution in [2.24, 2.45) is 5.92 Å². The summed E-state index contributed by atoms with van der Waals surface area (Å²) in [6.07, 6.45) is 3.25. The number of likely N-dealkylation sites (tertiary alicyclic amines) is 1. The summed E-state index contributed by atoms with van der Waals surface area (Å²) in [5, 5.41) is 0. The van der Waals surface area contributed by atoms with Crippen molar-refractivity contribution in [3.8, 4) is 0 Å². The normalized spacial score (nSPS) is 16.9. The Balaban J connectivity index is 1.98. The maximum Gasteiger partial charge on any atom is 0.309 e. The highest BCUT2D eigenvalue weighted by Gasteiger charge is 2.31. The smallest absolute Gasteiger partial charge is 0.309 e. The molecule has 1 aliphatic rings. The average Bonchev–Trinajstić information content (AvgIpc) is 2.60. The van der Waals surface area contributed by atoms with Crippen LogP contribution in [0.3, 0.4) is 0 Å². The molecule has 2 rings (SSSR count). The topological polar surface area (TPSA) is 46.6 Å². The summed E-state index contributed by atoms with van der Waals surface area (Å²) in [7, 11) is 0. The second-order valence-electron chi connectivity index (χ2n) is 6.10. The summed E-state index contributed by atoms with van der Waals surface area (Å²) < 4.78 is 5.09. The van der Waals surface area contributed by atoms with Crippen LogP contribution in [0.2, 0.25) is 0 Å². The first-order valence-corrected chi connectivity index (χ1v) is 8.67. The molecule has 1 aromatic carbocycles. The third-order valence-corrected chi connectivity index (χ3v) is 4.50. The van der Waals surface area contributed by atoms with Crippen molar-refractivity contribution in [2.45, 2.75) is 45.4 Å². The van der Waals surface area contributed by atoms with E-state index in [1.54, 1.807) is 0 Å². The molecule has 0 aromatic heterocycles. The van der Waals surface area contributed by atoms with Gasteiger partial charge in [-0.25, -0.2) is 0 Å². The standard InChI is InChI=1S/C19H27NO3/c1-3-8-17(15-9-6-5-7-10-15)18(21)20-13-11-16(12-14-20)19(22)23-4-2/h5-7,9-10,16-17H,3-4,8,11-14H2,1-2H3. The molecule has 0 saturated carbocycles. The van der Waals surface area contributed by atoms with Crippen molar-refractivity contribution in [3.63, 3.8) is 0 Å². The molecule has 1 aromatic rings. The number of hydrogen-bond acceptors (Lipinski definition) is 3. The van der Waals surface area contributed by atoms with Gasteiger partial charge in [0.25, 0.3) is 0 Å². The fraction of sp³-hybridized carbons (Fsp3) is 0.579. The van der Waals surface area contributed by atoms with Gasteiger partial charge in [0.1, 0.15) is 0 Å². The van der Waals surface area contributed by atoms with Crippen LogP contribution >= 0.6 is 0 Å². The Hall–Kier alpha value is -1.84. The first-order valence-electron chi connectivity index (χ1n) is 8.67. The van der Waals surface area contributed by atoms with Crippen LogP contribution in [0, 0.1) is 5.92 Å². The van der Waals surface area contributed by atoms with E-state index in [1.807, 2.05) is 42.2 Å². The number of nitrogens with zero attached hydrogens (tertiary/aromatic N) is 1. The molecule has 1 heterocycles. The van der Waals surface area contributed by atoms with Crippen molar-refractivity contribution in [3.05, 3.63) is 35.9 Å². The lowest BCUT2D eigenvalue weighted by Crippen LogP contribution is -2.42. The van der Waals surface area contributed by atoms with E-state index < -0.39 is 0 Å². The van der Waals surface area contributed by atoms with E-state index in [0.717, 1.165) is 18.4 Å². The minimum absolute atomic E-state index is 0.0552. The number of amides is 1. The van der Waals surface area contributed by atoms with Crippen molar-refractivity contribution < 1.29 is 14.3 Å². The van der Waals surface area contributed by atoms with Crippen LogP contribution in [0.15, 0.2) is 30.3 Å².